The average Bonchev–Trinajstić information content (AvgIpc) is 2.81. The van der Waals surface area contributed by atoms with Gasteiger partial charge in [0.15, 0.2) is 0 Å². The number of hydrogen-bond donors (Lipinski definition) is 1. The van der Waals surface area contributed by atoms with Crippen LogP contribution in [0.15, 0.2) is 24.3 Å². The predicted octanol–water partition coefficient (Wildman–Crippen LogP) is 2.24. The zero-order valence-corrected chi connectivity index (χ0v) is 18.6. The lowest BCUT2D eigenvalue weighted by molar-refractivity contribution is -0.172. The van der Waals surface area contributed by atoms with Crippen molar-refractivity contribution in [3.05, 3.63) is 35.4 Å². The second-order valence-electron chi connectivity index (χ2n) is 10.2. The number of methoxy groups -OCH3 is 1. The van der Waals surface area contributed by atoms with E-state index in [4.69, 9.17) is 14.7 Å². The molecule has 4 aliphatic carbocycles. The summed E-state index contributed by atoms with van der Waals surface area (Å²) in [5.41, 5.74) is 1.45. The van der Waals surface area contributed by atoms with Gasteiger partial charge >= 0.3 is 5.97 Å². The molecule has 7 heteroatoms. The molecule has 170 valence electrons. The monoisotopic (exact) mass is 437 g/mol. The van der Waals surface area contributed by atoms with Crippen LogP contribution in [0.4, 0.5) is 0 Å². The minimum atomic E-state index is -0.478. The molecule has 2 unspecified atom stereocenters. The molecule has 4 bridgehead atoms. The van der Waals surface area contributed by atoms with Crippen LogP contribution in [-0.4, -0.2) is 55.7 Å². The summed E-state index contributed by atoms with van der Waals surface area (Å²) in [4.78, 5) is 27.9. The second kappa shape index (κ2) is 8.49. The summed E-state index contributed by atoms with van der Waals surface area (Å²) in [7, 11) is 1.49. The fraction of sp³-hybridized carbons (Fsp3) is 0.640. The standard InChI is InChI=1S/C25H31N3O4/c1-31-24(30)25-10-18-8-19(11-25)22(20(9-18)12-25)27-23(29)21-15-28(6-7-32-21)14-17-4-2-16(13-26)3-5-17/h2-5,18-22H,6-12,14-15H2,1H3,(H,27,29)/t18?,19?,20?,21-,22?,25?/m1/s1. The maximum atomic E-state index is 13.2. The Morgan fingerprint density at radius 3 is 2.59 bits per heavy atom. The van der Waals surface area contributed by atoms with Gasteiger partial charge in [-0.3, -0.25) is 14.5 Å². The molecule has 1 N–H and O–H groups in total. The molecule has 0 radical (unpaired) electrons. The maximum Gasteiger partial charge on any atom is 0.311 e. The first kappa shape index (κ1) is 21.4. The van der Waals surface area contributed by atoms with Crippen molar-refractivity contribution in [1.82, 2.24) is 10.2 Å². The van der Waals surface area contributed by atoms with Gasteiger partial charge < -0.3 is 14.8 Å². The molecular formula is C25H31N3O4. The molecule has 4 saturated carbocycles. The molecule has 0 aromatic heterocycles. The van der Waals surface area contributed by atoms with Crippen LogP contribution in [-0.2, 0) is 25.6 Å². The van der Waals surface area contributed by atoms with E-state index < -0.39 is 6.10 Å². The number of benzene rings is 1. The van der Waals surface area contributed by atoms with Gasteiger partial charge in [-0.15, -0.1) is 0 Å². The highest BCUT2D eigenvalue weighted by molar-refractivity contribution is 5.82. The van der Waals surface area contributed by atoms with E-state index >= 15 is 0 Å². The number of carbonyl (C=O) groups excluding carboxylic acids is 2. The van der Waals surface area contributed by atoms with E-state index in [1.807, 2.05) is 24.3 Å². The number of carbonyl (C=O) groups is 2. The van der Waals surface area contributed by atoms with Gasteiger partial charge in [-0.05, 0) is 67.6 Å². The van der Waals surface area contributed by atoms with Gasteiger partial charge in [0.05, 0.1) is 30.8 Å². The molecule has 1 amide bonds. The van der Waals surface area contributed by atoms with E-state index in [0.29, 0.717) is 36.5 Å². The Hall–Kier alpha value is -2.43. The lowest BCUT2D eigenvalue weighted by atomic mass is 9.48. The molecular weight excluding hydrogens is 406 g/mol. The smallest absolute Gasteiger partial charge is 0.311 e. The van der Waals surface area contributed by atoms with Crippen molar-refractivity contribution in [2.75, 3.05) is 26.8 Å². The van der Waals surface area contributed by atoms with Gasteiger partial charge in [-0.1, -0.05) is 12.1 Å². The Bertz CT molecular complexity index is 908. The Balaban J connectivity index is 1.20. The zero-order valence-electron chi connectivity index (χ0n) is 18.6. The van der Waals surface area contributed by atoms with Crippen molar-refractivity contribution < 1.29 is 19.1 Å². The van der Waals surface area contributed by atoms with Crippen LogP contribution in [0.3, 0.4) is 0 Å². The first-order chi connectivity index (χ1) is 15.5. The third-order valence-electron chi connectivity index (χ3n) is 8.13. The molecule has 5 aliphatic rings. The highest BCUT2D eigenvalue weighted by atomic mass is 16.5. The minimum Gasteiger partial charge on any atom is -0.469 e. The van der Waals surface area contributed by atoms with Crippen LogP contribution in [0.5, 0.6) is 0 Å². The molecule has 1 saturated heterocycles. The van der Waals surface area contributed by atoms with Crippen LogP contribution in [0.1, 0.15) is 43.2 Å². The fourth-order valence-electron chi connectivity index (χ4n) is 6.93. The number of nitrogens with zero attached hydrogens (tertiary/aromatic N) is 2. The van der Waals surface area contributed by atoms with Gasteiger partial charge in [0.1, 0.15) is 6.10 Å². The lowest BCUT2D eigenvalue weighted by Gasteiger charge is -2.58. The average molecular weight is 438 g/mol. The molecule has 32 heavy (non-hydrogen) atoms. The van der Waals surface area contributed by atoms with Gasteiger partial charge in [-0.25, -0.2) is 0 Å². The van der Waals surface area contributed by atoms with Gasteiger partial charge in [0, 0.05) is 25.7 Å². The highest BCUT2D eigenvalue weighted by Gasteiger charge is 2.59. The minimum absolute atomic E-state index is 0.0286. The first-order valence-electron chi connectivity index (χ1n) is 11.7. The predicted molar refractivity (Wildman–Crippen MR) is 116 cm³/mol. The number of nitrogens with one attached hydrogen (secondary N) is 1. The van der Waals surface area contributed by atoms with E-state index in [1.165, 1.54) is 7.11 Å². The van der Waals surface area contributed by atoms with Crippen molar-refractivity contribution in [3.8, 4) is 6.07 Å². The summed E-state index contributed by atoms with van der Waals surface area (Å²) in [5.74, 6) is 1.19. The first-order valence-corrected chi connectivity index (χ1v) is 11.7. The Kier molecular flexibility index (Phi) is 5.68. The number of morpholine rings is 1. The lowest BCUT2D eigenvalue weighted by Crippen LogP contribution is -2.63. The number of esters is 1. The summed E-state index contributed by atoms with van der Waals surface area (Å²) in [6.45, 7) is 2.60. The number of amides is 1. The van der Waals surface area contributed by atoms with Crippen LogP contribution >= 0.6 is 0 Å². The third kappa shape index (κ3) is 3.91. The van der Waals surface area contributed by atoms with Crippen molar-refractivity contribution in [2.24, 2.45) is 23.2 Å². The van der Waals surface area contributed by atoms with Gasteiger partial charge in [0.25, 0.3) is 5.91 Å². The van der Waals surface area contributed by atoms with Gasteiger partial charge in [0.2, 0.25) is 0 Å². The van der Waals surface area contributed by atoms with E-state index in [0.717, 1.165) is 50.8 Å². The topological polar surface area (TPSA) is 91.7 Å². The van der Waals surface area contributed by atoms with Crippen molar-refractivity contribution in [3.63, 3.8) is 0 Å². The van der Waals surface area contributed by atoms with Crippen molar-refractivity contribution in [2.45, 2.75) is 50.8 Å². The van der Waals surface area contributed by atoms with E-state index in [1.54, 1.807) is 0 Å². The molecule has 3 atom stereocenters. The maximum absolute atomic E-state index is 13.2. The summed E-state index contributed by atoms with van der Waals surface area (Å²) < 4.78 is 11.0. The van der Waals surface area contributed by atoms with Crippen LogP contribution in [0.25, 0.3) is 0 Å². The summed E-state index contributed by atoms with van der Waals surface area (Å²) in [6, 6.07) is 9.86. The Morgan fingerprint density at radius 1 is 1.22 bits per heavy atom. The van der Waals surface area contributed by atoms with E-state index in [9.17, 15) is 9.59 Å². The van der Waals surface area contributed by atoms with Crippen molar-refractivity contribution in [1.29, 1.82) is 5.26 Å². The second-order valence-corrected chi connectivity index (χ2v) is 10.2. The Labute approximate surface area is 189 Å². The van der Waals surface area contributed by atoms with Crippen molar-refractivity contribution >= 4 is 11.9 Å². The summed E-state index contributed by atoms with van der Waals surface area (Å²) >= 11 is 0. The number of nitriles is 1. The largest absolute Gasteiger partial charge is 0.469 e. The fourth-order valence-corrected chi connectivity index (χ4v) is 6.93. The third-order valence-corrected chi connectivity index (χ3v) is 8.13. The molecule has 5 fully saturated rings. The van der Waals surface area contributed by atoms with Crippen LogP contribution in [0.2, 0.25) is 0 Å². The molecule has 0 spiro atoms. The molecule has 1 aromatic carbocycles. The Morgan fingerprint density at radius 2 is 1.94 bits per heavy atom. The molecule has 1 heterocycles. The summed E-state index contributed by atoms with van der Waals surface area (Å²) in [5, 5.41) is 12.3. The van der Waals surface area contributed by atoms with Crippen LogP contribution < -0.4 is 5.32 Å². The van der Waals surface area contributed by atoms with Gasteiger partial charge in [-0.2, -0.15) is 5.26 Å². The highest BCUT2D eigenvalue weighted by Crippen LogP contribution is 2.60. The van der Waals surface area contributed by atoms with E-state index in [-0.39, 0.29) is 23.3 Å². The molecule has 7 nitrogen and oxygen atoms in total. The molecule has 1 aliphatic heterocycles. The zero-order chi connectivity index (χ0) is 22.3. The normalized spacial score (nSPS) is 35.8. The molecule has 6 rings (SSSR count). The number of rotatable bonds is 5. The number of hydrogen-bond acceptors (Lipinski definition) is 6. The SMILES string of the molecule is COC(=O)C12CC3CC(C1)C(NC(=O)[C@H]1CN(Cc4ccc(C#N)cc4)CCO1)C(C3)C2. The quantitative estimate of drug-likeness (QED) is 0.711. The van der Waals surface area contributed by atoms with E-state index in [2.05, 4.69) is 16.3 Å². The van der Waals surface area contributed by atoms with Crippen LogP contribution in [0, 0.1) is 34.5 Å². The molecule has 1 aromatic rings. The number of ether oxygens (including phenoxy) is 2. The summed E-state index contributed by atoms with van der Waals surface area (Å²) in [6.07, 6.45) is 4.31.